The van der Waals surface area contributed by atoms with Crippen LogP contribution in [0.25, 0.3) is 0 Å². The fourth-order valence-corrected chi connectivity index (χ4v) is 2.30. The number of aliphatic hydroxyl groups is 1. The minimum absolute atomic E-state index is 0.190. The molecule has 0 radical (unpaired) electrons. The summed E-state index contributed by atoms with van der Waals surface area (Å²) in [6.45, 7) is 2.43. The number of piperidine rings is 1. The summed E-state index contributed by atoms with van der Waals surface area (Å²) >= 11 is 0. The van der Waals surface area contributed by atoms with Crippen molar-refractivity contribution in [1.82, 2.24) is 0 Å². The van der Waals surface area contributed by atoms with Gasteiger partial charge in [-0.25, -0.2) is 0 Å². The van der Waals surface area contributed by atoms with Crippen LogP contribution in [0.4, 0.5) is 5.69 Å². The highest BCUT2D eigenvalue weighted by atomic mass is 16.6. The highest BCUT2D eigenvalue weighted by Gasteiger charge is 2.23. The summed E-state index contributed by atoms with van der Waals surface area (Å²) in [4.78, 5) is 11.9. The molecule has 1 aliphatic heterocycles. The molecule has 1 saturated heterocycles. The molecule has 0 aliphatic carbocycles. The van der Waals surface area contributed by atoms with E-state index in [0.29, 0.717) is 6.54 Å². The molecule has 0 bridgehead atoms. The topological polar surface area (TPSA) is 67.8 Å². The number of nitrogens with zero attached hydrogens (tertiary/aromatic N) is 1. The van der Waals surface area contributed by atoms with E-state index in [1.165, 1.54) is 4.90 Å². The smallest absolute Gasteiger partial charge is 0.278 e. The largest absolute Gasteiger partial charge is 0.393 e. The zero-order valence-electron chi connectivity index (χ0n) is 9.63. The lowest BCUT2D eigenvalue weighted by atomic mass is 10.1. The average Bonchev–Trinajstić information content (AvgIpc) is 2.32. The first-order chi connectivity index (χ1) is 8.16. The van der Waals surface area contributed by atoms with Crippen LogP contribution in [0.3, 0.4) is 0 Å². The summed E-state index contributed by atoms with van der Waals surface area (Å²) in [7, 11) is 0. The molecule has 0 atom stereocenters. The number of hydrogen-bond donors (Lipinski definition) is 2. The lowest BCUT2D eigenvalue weighted by Crippen LogP contribution is -3.12. The quantitative estimate of drug-likeness (QED) is 0.580. The van der Waals surface area contributed by atoms with E-state index in [1.54, 1.807) is 12.1 Å². The Labute approximate surface area is 99.8 Å². The van der Waals surface area contributed by atoms with Crippen molar-refractivity contribution in [3.63, 3.8) is 0 Å². The van der Waals surface area contributed by atoms with E-state index in [9.17, 15) is 15.2 Å². The summed E-state index contributed by atoms with van der Waals surface area (Å²) in [6, 6.07) is 6.89. The molecular formula is C12H17N2O3+. The minimum Gasteiger partial charge on any atom is -0.393 e. The van der Waals surface area contributed by atoms with Crippen molar-refractivity contribution in [3.8, 4) is 0 Å². The summed E-state index contributed by atoms with van der Waals surface area (Å²) in [5.41, 5.74) is 0.981. The van der Waals surface area contributed by atoms with Gasteiger partial charge in [-0.2, -0.15) is 0 Å². The monoisotopic (exact) mass is 237 g/mol. The van der Waals surface area contributed by atoms with Gasteiger partial charge in [0.25, 0.3) is 5.69 Å². The molecule has 0 unspecified atom stereocenters. The minimum atomic E-state index is -0.326. The summed E-state index contributed by atoms with van der Waals surface area (Å²) in [5, 5.41) is 20.3. The highest BCUT2D eigenvalue weighted by molar-refractivity contribution is 5.39. The lowest BCUT2D eigenvalue weighted by Gasteiger charge is -2.26. The molecule has 0 amide bonds. The van der Waals surface area contributed by atoms with Gasteiger partial charge in [0.15, 0.2) is 0 Å². The maximum absolute atomic E-state index is 10.9. The molecule has 17 heavy (non-hydrogen) atoms. The van der Waals surface area contributed by atoms with Crippen molar-refractivity contribution >= 4 is 5.69 Å². The number of nitrogens with one attached hydrogen (secondary N) is 1. The van der Waals surface area contributed by atoms with Crippen LogP contribution in [-0.2, 0) is 6.54 Å². The Balaban J connectivity index is 2.05. The van der Waals surface area contributed by atoms with Crippen LogP contribution in [0.15, 0.2) is 24.3 Å². The van der Waals surface area contributed by atoms with Gasteiger partial charge in [-0.1, -0.05) is 12.1 Å². The first-order valence-electron chi connectivity index (χ1n) is 5.91. The zero-order chi connectivity index (χ0) is 12.3. The zero-order valence-corrected chi connectivity index (χ0v) is 9.63. The maximum Gasteiger partial charge on any atom is 0.278 e. The van der Waals surface area contributed by atoms with Gasteiger partial charge in [-0.3, -0.25) is 10.1 Å². The molecule has 92 valence electrons. The standard InChI is InChI=1S/C12H16N2O3/c15-11-5-7-13(8-6-11)9-10-3-1-2-4-12(10)14(16)17/h1-4,11,15H,5-9H2/p+1. The number of hydrogen-bond acceptors (Lipinski definition) is 3. The predicted molar refractivity (Wildman–Crippen MR) is 62.7 cm³/mol. The molecule has 0 spiro atoms. The second kappa shape index (κ2) is 5.25. The molecule has 1 fully saturated rings. The van der Waals surface area contributed by atoms with Crippen molar-refractivity contribution < 1.29 is 14.9 Å². The third-order valence-corrected chi connectivity index (χ3v) is 3.29. The molecular weight excluding hydrogens is 220 g/mol. The molecule has 1 heterocycles. The number of quaternary nitrogens is 1. The highest BCUT2D eigenvalue weighted by Crippen LogP contribution is 2.16. The van der Waals surface area contributed by atoms with E-state index in [1.807, 2.05) is 12.1 Å². The predicted octanol–water partition coefficient (Wildman–Crippen LogP) is 0.134. The number of para-hydroxylation sites is 1. The van der Waals surface area contributed by atoms with Gasteiger partial charge in [-0.15, -0.1) is 0 Å². The van der Waals surface area contributed by atoms with Gasteiger partial charge < -0.3 is 10.0 Å². The van der Waals surface area contributed by atoms with E-state index in [2.05, 4.69) is 0 Å². The Morgan fingerprint density at radius 2 is 2.00 bits per heavy atom. The van der Waals surface area contributed by atoms with Crippen LogP contribution in [0, 0.1) is 10.1 Å². The van der Waals surface area contributed by atoms with Crippen LogP contribution >= 0.6 is 0 Å². The van der Waals surface area contributed by atoms with Crippen molar-refractivity contribution in [3.05, 3.63) is 39.9 Å². The number of aliphatic hydroxyl groups excluding tert-OH is 1. The van der Waals surface area contributed by atoms with Crippen molar-refractivity contribution in [2.45, 2.75) is 25.5 Å². The fourth-order valence-electron chi connectivity index (χ4n) is 2.30. The van der Waals surface area contributed by atoms with E-state index < -0.39 is 0 Å². The average molecular weight is 237 g/mol. The van der Waals surface area contributed by atoms with Crippen molar-refractivity contribution in [1.29, 1.82) is 0 Å². The van der Waals surface area contributed by atoms with E-state index in [4.69, 9.17) is 0 Å². The number of benzene rings is 1. The molecule has 2 N–H and O–H groups in total. The van der Waals surface area contributed by atoms with Crippen molar-refractivity contribution in [2.75, 3.05) is 13.1 Å². The maximum atomic E-state index is 10.9. The van der Waals surface area contributed by atoms with Gasteiger partial charge in [0, 0.05) is 18.9 Å². The summed E-state index contributed by atoms with van der Waals surface area (Å²) < 4.78 is 0. The summed E-state index contributed by atoms with van der Waals surface area (Å²) in [6.07, 6.45) is 1.39. The molecule has 1 aliphatic rings. The Hall–Kier alpha value is -1.46. The fraction of sp³-hybridized carbons (Fsp3) is 0.500. The van der Waals surface area contributed by atoms with E-state index in [0.717, 1.165) is 31.5 Å². The van der Waals surface area contributed by atoms with Crippen LogP contribution < -0.4 is 4.90 Å². The molecule has 2 rings (SSSR count). The van der Waals surface area contributed by atoms with Gasteiger partial charge >= 0.3 is 0 Å². The van der Waals surface area contributed by atoms with Crippen LogP contribution in [0.1, 0.15) is 18.4 Å². The Kier molecular flexibility index (Phi) is 3.71. The normalized spacial score (nSPS) is 24.5. The molecule has 0 aromatic heterocycles. The summed E-state index contributed by atoms with van der Waals surface area (Å²) in [5.74, 6) is 0. The molecule has 1 aromatic rings. The first kappa shape index (κ1) is 12.0. The second-order valence-electron chi connectivity index (χ2n) is 4.54. The van der Waals surface area contributed by atoms with Crippen LogP contribution in [-0.4, -0.2) is 29.2 Å². The van der Waals surface area contributed by atoms with Gasteiger partial charge in [0.05, 0.1) is 29.7 Å². The Morgan fingerprint density at radius 3 is 2.65 bits per heavy atom. The van der Waals surface area contributed by atoms with E-state index >= 15 is 0 Å². The lowest BCUT2D eigenvalue weighted by molar-refractivity contribution is -0.919. The van der Waals surface area contributed by atoms with Gasteiger partial charge in [0.2, 0.25) is 0 Å². The van der Waals surface area contributed by atoms with Gasteiger partial charge in [0.1, 0.15) is 6.54 Å². The SMILES string of the molecule is O=[N+]([O-])c1ccccc1C[NH+]1CCC(O)CC1. The van der Waals surface area contributed by atoms with Crippen LogP contribution in [0.5, 0.6) is 0 Å². The molecule has 0 saturated carbocycles. The molecule has 5 heteroatoms. The van der Waals surface area contributed by atoms with Crippen molar-refractivity contribution in [2.24, 2.45) is 0 Å². The third kappa shape index (κ3) is 3.01. The molecule has 1 aromatic carbocycles. The number of nitro groups is 1. The van der Waals surface area contributed by atoms with Crippen LogP contribution in [0.2, 0.25) is 0 Å². The number of likely N-dealkylation sites (tertiary alicyclic amines) is 1. The molecule has 5 nitrogen and oxygen atoms in total. The third-order valence-electron chi connectivity index (χ3n) is 3.29. The number of rotatable bonds is 3. The first-order valence-corrected chi connectivity index (χ1v) is 5.91. The Bertz CT molecular complexity index is 400. The number of nitro benzene ring substituents is 1. The Morgan fingerprint density at radius 1 is 1.35 bits per heavy atom. The van der Waals surface area contributed by atoms with E-state index in [-0.39, 0.29) is 16.7 Å². The van der Waals surface area contributed by atoms with Gasteiger partial charge in [-0.05, 0) is 6.07 Å². The second-order valence-corrected chi connectivity index (χ2v) is 4.54.